The molecule has 0 bridgehead atoms. The first-order valence-electron chi connectivity index (χ1n) is 5.78. The Balaban J connectivity index is 2.88. The summed E-state index contributed by atoms with van der Waals surface area (Å²) < 4.78 is 0. The summed E-state index contributed by atoms with van der Waals surface area (Å²) in [5, 5.41) is 0.0282. The highest BCUT2D eigenvalue weighted by molar-refractivity contribution is 7.96. The molecule has 0 aromatic carbocycles. The number of rotatable bonds is 10. The number of unbranched alkanes of at least 4 members (excludes halogenated alkanes) is 8. The lowest BCUT2D eigenvalue weighted by molar-refractivity contribution is -0.110. The van der Waals surface area contributed by atoms with Gasteiger partial charge in [-0.05, 0) is 6.42 Å². The van der Waals surface area contributed by atoms with Crippen molar-refractivity contribution in [2.45, 2.75) is 64.2 Å². The Morgan fingerprint density at radius 1 is 0.857 bits per heavy atom. The maximum Gasteiger partial charge on any atom is 0.185 e. The smallest absolute Gasteiger partial charge is 0.185 e. The van der Waals surface area contributed by atoms with Gasteiger partial charge in [-0.3, -0.25) is 4.79 Å². The van der Waals surface area contributed by atoms with Crippen molar-refractivity contribution in [2.75, 3.05) is 0 Å². The summed E-state index contributed by atoms with van der Waals surface area (Å²) in [4.78, 5) is 10.5. The van der Waals surface area contributed by atoms with E-state index in [2.05, 4.69) is 19.6 Å². The van der Waals surface area contributed by atoms with Gasteiger partial charge in [0.05, 0.1) is 0 Å². The average Bonchev–Trinajstić information content (AvgIpc) is 2.15. The summed E-state index contributed by atoms with van der Waals surface area (Å²) in [6, 6.07) is 0. The van der Waals surface area contributed by atoms with Gasteiger partial charge < -0.3 is 6.92 Å². The van der Waals surface area contributed by atoms with Gasteiger partial charge in [0.15, 0.2) is 5.12 Å². The van der Waals surface area contributed by atoms with Crippen LogP contribution >= 0.6 is 12.6 Å². The van der Waals surface area contributed by atoms with Gasteiger partial charge >= 0.3 is 0 Å². The molecule has 2 heteroatoms. The largest absolute Gasteiger partial charge is 0.343 e. The molecule has 0 radical (unpaired) electrons. The molecule has 0 aliphatic rings. The fraction of sp³-hybridized carbons (Fsp3) is 0.833. The molecule has 0 atom stereocenters. The molecule has 0 saturated heterocycles. The van der Waals surface area contributed by atoms with Gasteiger partial charge in [-0.15, -0.1) is 12.6 Å². The summed E-state index contributed by atoms with van der Waals surface area (Å²) in [5.74, 6) is 0. The van der Waals surface area contributed by atoms with Crippen LogP contribution in [0.4, 0.5) is 0 Å². The van der Waals surface area contributed by atoms with Crippen LogP contribution < -0.4 is 0 Å². The first-order valence-corrected chi connectivity index (χ1v) is 6.23. The van der Waals surface area contributed by atoms with Crippen LogP contribution in [0.1, 0.15) is 64.2 Å². The lowest BCUT2D eigenvalue weighted by Gasteiger charge is -2.01. The van der Waals surface area contributed by atoms with Crippen LogP contribution in [0.2, 0.25) is 0 Å². The van der Waals surface area contributed by atoms with Crippen LogP contribution in [0.15, 0.2) is 0 Å². The monoisotopic (exact) mass is 215 g/mol. The van der Waals surface area contributed by atoms with Crippen molar-refractivity contribution < 1.29 is 4.79 Å². The molecule has 0 aromatic rings. The molecule has 0 amide bonds. The topological polar surface area (TPSA) is 17.1 Å². The molecule has 0 aromatic heterocycles. The van der Waals surface area contributed by atoms with E-state index in [1.807, 2.05) is 0 Å². The van der Waals surface area contributed by atoms with Gasteiger partial charge in [0.2, 0.25) is 0 Å². The van der Waals surface area contributed by atoms with Gasteiger partial charge in [0, 0.05) is 6.42 Å². The second-order valence-electron chi connectivity index (χ2n) is 3.83. The first-order chi connectivity index (χ1) is 6.77. The molecule has 0 rings (SSSR count). The molecule has 0 unspecified atom stereocenters. The average molecular weight is 215 g/mol. The number of carbonyl (C=O) groups is 1. The number of thiol groups is 1. The van der Waals surface area contributed by atoms with Gasteiger partial charge in [0.1, 0.15) is 0 Å². The molecule has 0 spiro atoms. The summed E-state index contributed by atoms with van der Waals surface area (Å²) >= 11 is 3.74. The second-order valence-corrected chi connectivity index (χ2v) is 4.32. The molecule has 0 saturated carbocycles. The minimum Gasteiger partial charge on any atom is -0.343 e. The van der Waals surface area contributed by atoms with Crippen LogP contribution in [-0.2, 0) is 4.79 Å². The van der Waals surface area contributed by atoms with E-state index in [1.54, 1.807) is 0 Å². The maximum absolute atomic E-state index is 10.5. The predicted octanol–water partition coefficient (Wildman–Crippen LogP) is 4.18. The Bertz CT molecular complexity index is 134. The fourth-order valence-electron chi connectivity index (χ4n) is 1.51. The molecule has 0 aliphatic heterocycles. The van der Waals surface area contributed by atoms with E-state index in [9.17, 15) is 4.79 Å². The van der Waals surface area contributed by atoms with Gasteiger partial charge in [-0.1, -0.05) is 44.9 Å². The molecular formula is C12H23OS-. The van der Waals surface area contributed by atoms with Crippen molar-refractivity contribution in [1.29, 1.82) is 0 Å². The molecule has 0 aliphatic carbocycles. The Labute approximate surface area is 94.1 Å². The van der Waals surface area contributed by atoms with E-state index in [0.717, 1.165) is 12.8 Å². The third-order valence-corrected chi connectivity index (χ3v) is 2.61. The maximum atomic E-state index is 10.5. The van der Waals surface area contributed by atoms with Gasteiger partial charge in [0.25, 0.3) is 0 Å². The standard InChI is InChI=1S/C12H23OS/c1-2-3-4-5-6-7-8-9-10-11-12(13)14/h1-11H2,(H,13,14)/q-1. The summed E-state index contributed by atoms with van der Waals surface area (Å²) in [6.45, 7) is 3.82. The molecule has 0 fully saturated rings. The first kappa shape index (κ1) is 14.0. The Hall–Kier alpha value is 0.0200. The summed E-state index contributed by atoms with van der Waals surface area (Å²) in [7, 11) is 0. The van der Waals surface area contributed by atoms with E-state index in [-0.39, 0.29) is 5.12 Å². The Kier molecular flexibility index (Phi) is 11.1. The van der Waals surface area contributed by atoms with Crippen molar-refractivity contribution in [3.8, 4) is 0 Å². The lowest BCUT2D eigenvalue weighted by atomic mass is 10.1. The van der Waals surface area contributed by atoms with E-state index in [1.165, 1.54) is 44.9 Å². The van der Waals surface area contributed by atoms with Crippen molar-refractivity contribution in [3.63, 3.8) is 0 Å². The van der Waals surface area contributed by atoms with Crippen molar-refractivity contribution in [1.82, 2.24) is 0 Å². The number of hydrogen-bond acceptors (Lipinski definition) is 1. The number of carbonyl (C=O) groups excluding carboxylic acids is 1. The zero-order chi connectivity index (χ0) is 10.6. The normalized spacial score (nSPS) is 10.4. The zero-order valence-electron chi connectivity index (χ0n) is 9.13. The van der Waals surface area contributed by atoms with Gasteiger partial charge in [-0.2, -0.15) is 6.42 Å². The number of hydrogen-bond donors (Lipinski definition) is 1. The van der Waals surface area contributed by atoms with Crippen LogP contribution in [0.5, 0.6) is 0 Å². The molecule has 0 N–H and O–H groups in total. The predicted molar refractivity (Wildman–Crippen MR) is 65.5 cm³/mol. The Morgan fingerprint density at radius 3 is 1.71 bits per heavy atom. The molecule has 84 valence electrons. The van der Waals surface area contributed by atoms with Gasteiger partial charge in [-0.25, -0.2) is 0 Å². The highest BCUT2D eigenvalue weighted by Crippen LogP contribution is 2.10. The minimum atomic E-state index is 0.0282. The summed E-state index contributed by atoms with van der Waals surface area (Å²) in [6.07, 6.45) is 11.8. The van der Waals surface area contributed by atoms with E-state index < -0.39 is 0 Å². The highest BCUT2D eigenvalue weighted by Gasteiger charge is 1.94. The van der Waals surface area contributed by atoms with Crippen LogP contribution in [-0.4, -0.2) is 5.12 Å². The molecule has 14 heavy (non-hydrogen) atoms. The Morgan fingerprint density at radius 2 is 1.29 bits per heavy atom. The third-order valence-electron chi connectivity index (χ3n) is 2.39. The van der Waals surface area contributed by atoms with Crippen LogP contribution in [0.25, 0.3) is 0 Å². The fourth-order valence-corrected chi connectivity index (χ4v) is 1.67. The molecule has 0 heterocycles. The van der Waals surface area contributed by atoms with Crippen molar-refractivity contribution in [2.24, 2.45) is 0 Å². The van der Waals surface area contributed by atoms with E-state index in [4.69, 9.17) is 0 Å². The SMILES string of the molecule is [CH2-]CCCCCCCCCCC(=O)S. The third kappa shape index (κ3) is 12.0. The summed E-state index contributed by atoms with van der Waals surface area (Å²) in [5.41, 5.74) is 0. The molecule has 1 nitrogen and oxygen atoms in total. The van der Waals surface area contributed by atoms with Crippen LogP contribution in [0, 0.1) is 6.92 Å². The zero-order valence-corrected chi connectivity index (χ0v) is 10.0. The van der Waals surface area contributed by atoms with E-state index in [0.29, 0.717) is 6.42 Å². The van der Waals surface area contributed by atoms with Crippen molar-refractivity contribution >= 4 is 17.7 Å². The van der Waals surface area contributed by atoms with Crippen molar-refractivity contribution in [3.05, 3.63) is 6.92 Å². The van der Waals surface area contributed by atoms with Crippen LogP contribution in [0.3, 0.4) is 0 Å². The lowest BCUT2D eigenvalue weighted by Crippen LogP contribution is -1.86. The molecular weight excluding hydrogens is 192 g/mol. The quantitative estimate of drug-likeness (QED) is 0.329. The highest BCUT2D eigenvalue weighted by atomic mass is 32.1. The van der Waals surface area contributed by atoms with E-state index >= 15 is 0 Å². The second kappa shape index (κ2) is 11.1. The minimum absolute atomic E-state index is 0.0282.